The molecule has 21 heavy (non-hydrogen) atoms. The van der Waals surface area contributed by atoms with Gasteiger partial charge in [0, 0.05) is 3.57 Å². The second kappa shape index (κ2) is 7.95. The lowest BCUT2D eigenvalue weighted by Gasteiger charge is -2.21. The molecule has 0 radical (unpaired) electrons. The predicted molar refractivity (Wildman–Crippen MR) is 99.8 cm³/mol. The van der Waals surface area contributed by atoms with Gasteiger partial charge < -0.3 is 5.32 Å². The Kier molecular flexibility index (Phi) is 6.24. The van der Waals surface area contributed by atoms with E-state index in [0.29, 0.717) is 5.92 Å². The lowest BCUT2D eigenvalue weighted by Crippen LogP contribution is -2.24. The van der Waals surface area contributed by atoms with Gasteiger partial charge in [0.25, 0.3) is 0 Å². The number of halogens is 1. The van der Waals surface area contributed by atoms with Gasteiger partial charge in [0.15, 0.2) is 0 Å². The summed E-state index contributed by atoms with van der Waals surface area (Å²) in [7, 11) is 0. The van der Waals surface area contributed by atoms with Gasteiger partial charge in [-0.2, -0.15) is 0 Å². The van der Waals surface area contributed by atoms with Gasteiger partial charge in [-0.05, 0) is 64.2 Å². The number of hydrogen-bond acceptors (Lipinski definition) is 1. The van der Waals surface area contributed by atoms with Gasteiger partial charge in [0.1, 0.15) is 0 Å². The molecule has 0 aliphatic heterocycles. The van der Waals surface area contributed by atoms with E-state index in [4.69, 9.17) is 0 Å². The molecular weight excluding hydrogens is 369 g/mol. The summed E-state index contributed by atoms with van der Waals surface area (Å²) in [4.78, 5) is 0. The van der Waals surface area contributed by atoms with Crippen LogP contribution in [0.2, 0.25) is 0 Å². The van der Waals surface area contributed by atoms with Gasteiger partial charge in [0.2, 0.25) is 0 Å². The molecule has 0 aliphatic rings. The van der Waals surface area contributed by atoms with Crippen LogP contribution in [0.25, 0.3) is 0 Å². The highest BCUT2D eigenvalue weighted by Gasteiger charge is 2.15. The molecule has 0 amide bonds. The van der Waals surface area contributed by atoms with Gasteiger partial charge in [-0.25, -0.2) is 0 Å². The van der Waals surface area contributed by atoms with Crippen molar-refractivity contribution in [3.63, 3.8) is 0 Å². The van der Waals surface area contributed by atoms with Crippen LogP contribution >= 0.6 is 22.6 Å². The van der Waals surface area contributed by atoms with E-state index in [1.807, 2.05) is 0 Å². The summed E-state index contributed by atoms with van der Waals surface area (Å²) in [5.41, 5.74) is 4.11. The topological polar surface area (TPSA) is 12.0 Å². The maximum absolute atomic E-state index is 3.69. The molecule has 112 valence electrons. The van der Waals surface area contributed by atoms with Gasteiger partial charge in [-0.1, -0.05) is 63.2 Å². The molecule has 0 heterocycles. The van der Waals surface area contributed by atoms with E-state index in [0.717, 1.165) is 13.0 Å². The van der Waals surface area contributed by atoms with E-state index >= 15 is 0 Å². The minimum atomic E-state index is 0.277. The molecule has 0 aliphatic carbocycles. The Bertz CT molecular complexity index is 560. The summed E-state index contributed by atoms with van der Waals surface area (Å²) in [6, 6.07) is 18.0. The molecule has 0 saturated heterocycles. The van der Waals surface area contributed by atoms with E-state index < -0.39 is 0 Å². The molecular formula is C19H24IN. The zero-order valence-electron chi connectivity index (χ0n) is 13.1. The quantitative estimate of drug-likeness (QED) is 0.639. The lowest BCUT2D eigenvalue weighted by molar-refractivity contribution is 0.596. The summed E-state index contributed by atoms with van der Waals surface area (Å²) in [5.74, 6) is 0.581. The SMILES string of the molecule is CCCNC(c1ccc(C(C)C)cc1)c1ccccc1I. The number of rotatable bonds is 6. The second-order valence-corrected chi connectivity index (χ2v) is 6.89. The standard InChI is InChI=1S/C19H24IN/c1-4-13-21-19(17-7-5-6-8-18(17)20)16-11-9-15(10-12-16)14(2)3/h5-12,14,19,21H,4,13H2,1-3H3. The fourth-order valence-corrected chi connectivity index (χ4v) is 3.18. The third kappa shape index (κ3) is 4.30. The third-order valence-electron chi connectivity index (χ3n) is 3.75. The van der Waals surface area contributed by atoms with Gasteiger partial charge in [0.05, 0.1) is 6.04 Å². The van der Waals surface area contributed by atoms with Crippen LogP contribution in [0.1, 0.15) is 55.8 Å². The first kappa shape index (κ1) is 16.5. The fraction of sp³-hybridized carbons (Fsp3) is 0.368. The molecule has 0 fully saturated rings. The molecule has 2 heteroatoms. The van der Waals surface area contributed by atoms with Crippen molar-refractivity contribution >= 4 is 22.6 Å². The Morgan fingerprint density at radius 1 is 0.952 bits per heavy atom. The molecule has 0 spiro atoms. The number of benzene rings is 2. The van der Waals surface area contributed by atoms with Gasteiger partial charge in [-0.3, -0.25) is 0 Å². The average molecular weight is 393 g/mol. The Morgan fingerprint density at radius 2 is 1.57 bits per heavy atom. The molecule has 2 aromatic rings. The Hall–Kier alpha value is -0.870. The minimum absolute atomic E-state index is 0.277. The normalized spacial score (nSPS) is 12.6. The predicted octanol–water partition coefficient (Wildman–Crippen LogP) is 5.50. The highest BCUT2D eigenvalue weighted by atomic mass is 127. The van der Waals surface area contributed by atoms with Crippen LogP contribution in [-0.2, 0) is 0 Å². The molecule has 2 rings (SSSR count). The molecule has 1 nitrogen and oxygen atoms in total. The van der Waals surface area contributed by atoms with Crippen molar-refractivity contribution < 1.29 is 0 Å². The number of hydrogen-bond donors (Lipinski definition) is 1. The van der Waals surface area contributed by atoms with Crippen molar-refractivity contribution in [3.8, 4) is 0 Å². The van der Waals surface area contributed by atoms with Crippen molar-refractivity contribution in [3.05, 3.63) is 68.8 Å². The summed E-state index contributed by atoms with van der Waals surface area (Å²) in [5, 5.41) is 3.69. The highest BCUT2D eigenvalue weighted by molar-refractivity contribution is 14.1. The van der Waals surface area contributed by atoms with Crippen LogP contribution in [0.3, 0.4) is 0 Å². The second-order valence-electron chi connectivity index (χ2n) is 5.73. The van der Waals surface area contributed by atoms with Crippen LogP contribution in [0.5, 0.6) is 0 Å². The maximum Gasteiger partial charge on any atom is 0.0587 e. The van der Waals surface area contributed by atoms with Gasteiger partial charge >= 0.3 is 0 Å². The first-order chi connectivity index (χ1) is 10.1. The Balaban J connectivity index is 2.33. The Morgan fingerprint density at radius 3 is 2.14 bits per heavy atom. The van der Waals surface area contributed by atoms with Crippen molar-refractivity contribution in [1.29, 1.82) is 0 Å². The van der Waals surface area contributed by atoms with Crippen molar-refractivity contribution in [2.75, 3.05) is 6.54 Å². The largest absolute Gasteiger partial charge is 0.306 e. The minimum Gasteiger partial charge on any atom is -0.306 e. The first-order valence-electron chi connectivity index (χ1n) is 7.71. The molecule has 1 atom stereocenters. The smallest absolute Gasteiger partial charge is 0.0587 e. The summed E-state index contributed by atoms with van der Waals surface area (Å²) in [6.45, 7) is 7.72. The highest BCUT2D eigenvalue weighted by Crippen LogP contribution is 2.27. The number of nitrogens with one attached hydrogen (secondary N) is 1. The summed E-state index contributed by atoms with van der Waals surface area (Å²) in [6.07, 6.45) is 1.14. The molecule has 2 aromatic carbocycles. The third-order valence-corrected chi connectivity index (χ3v) is 4.73. The van der Waals surface area contributed by atoms with Crippen molar-refractivity contribution in [2.45, 2.75) is 39.2 Å². The molecule has 0 bridgehead atoms. The van der Waals surface area contributed by atoms with Crippen LogP contribution in [-0.4, -0.2) is 6.54 Å². The Labute approximate surface area is 142 Å². The van der Waals surface area contributed by atoms with E-state index in [1.165, 1.54) is 20.3 Å². The van der Waals surface area contributed by atoms with Crippen LogP contribution in [0, 0.1) is 3.57 Å². The average Bonchev–Trinajstić information content (AvgIpc) is 2.50. The van der Waals surface area contributed by atoms with E-state index in [1.54, 1.807) is 0 Å². The van der Waals surface area contributed by atoms with Crippen molar-refractivity contribution in [2.24, 2.45) is 0 Å². The van der Waals surface area contributed by atoms with Crippen LogP contribution in [0.4, 0.5) is 0 Å². The zero-order valence-corrected chi connectivity index (χ0v) is 15.2. The molecule has 1 unspecified atom stereocenters. The molecule has 0 aromatic heterocycles. The summed E-state index contributed by atoms with van der Waals surface area (Å²) < 4.78 is 1.32. The zero-order chi connectivity index (χ0) is 15.2. The monoisotopic (exact) mass is 393 g/mol. The van der Waals surface area contributed by atoms with E-state index in [-0.39, 0.29) is 6.04 Å². The summed E-state index contributed by atoms with van der Waals surface area (Å²) >= 11 is 2.43. The molecule has 1 N–H and O–H groups in total. The van der Waals surface area contributed by atoms with Crippen LogP contribution in [0.15, 0.2) is 48.5 Å². The fourth-order valence-electron chi connectivity index (χ4n) is 2.48. The first-order valence-corrected chi connectivity index (χ1v) is 8.79. The van der Waals surface area contributed by atoms with Gasteiger partial charge in [-0.15, -0.1) is 0 Å². The van der Waals surface area contributed by atoms with E-state index in [2.05, 4.69) is 97.2 Å². The molecule has 0 saturated carbocycles. The van der Waals surface area contributed by atoms with Crippen LogP contribution < -0.4 is 5.32 Å². The lowest BCUT2D eigenvalue weighted by atomic mass is 9.95. The van der Waals surface area contributed by atoms with Crippen molar-refractivity contribution in [1.82, 2.24) is 5.32 Å². The maximum atomic E-state index is 3.69. The van der Waals surface area contributed by atoms with E-state index in [9.17, 15) is 0 Å².